The van der Waals surface area contributed by atoms with Crippen molar-refractivity contribution >= 4 is 22.8 Å². The molecule has 7 rings (SSSR count). The molecule has 0 radical (unpaired) electrons. The summed E-state index contributed by atoms with van der Waals surface area (Å²) < 4.78 is 21.8. The van der Waals surface area contributed by atoms with Gasteiger partial charge in [0.1, 0.15) is 22.5 Å². The van der Waals surface area contributed by atoms with Crippen molar-refractivity contribution < 1.29 is 9.47 Å². The van der Waals surface area contributed by atoms with E-state index in [0.717, 1.165) is 39.2 Å². The van der Waals surface area contributed by atoms with Gasteiger partial charge in [-0.1, -0.05) is 152 Å². The lowest BCUT2D eigenvalue weighted by Crippen LogP contribution is -2.25. The van der Waals surface area contributed by atoms with E-state index in [1.165, 1.54) is 141 Å². The summed E-state index contributed by atoms with van der Waals surface area (Å²) in [5.74, 6) is 1.81. The summed E-state index contributed by atoms with van der Waals surface area (Å²) in [7, 11) is 0. The van der Waals surface area contributed by atoms with E-state index in [4.69, 9.17) is 18.2 Å². The van der Waals surface area contributed by atoms with Crippen LogP contribution in [0.1, 0.15) is 143 Å². The van der Waals surface area contributed by atoms with Crippen molar-refractivity contribution in [3.8, 4) is 56.0 Å². The Bertz CT molecular complexity index is 2220. The molecule has 0 bridgehead atoms. The van der Waals surface area contributed by atoms with Crippen molar-refractivity contribution in [1.82, 2.24) is 8.75 Å². The third kappa shape index (κ3) is 9.36. The third-order valence-corrected chi connectivity index (χ3v) is 12.6. The number of fused-ring (bicyclic) bond motifs is 4. The summed E-state index contributed by atoms with van der Waals surface area (Å²) in [6.45, 7) is 12.9. The van der Waals surface area contributed by atoms with Crippen LogP contribution >= 0.6 is 11.7 Å². The van der Waals surface area contributed by atoms with Gasteiger partial charge in [-0.15, -0.1) is 0 Å². The Hall–Kier alpha value is -4.48. The van der Waals surface area contributed by atoms with Crippen LogP contribution in [0.2, 0.25) is 0 Å². The molecule has 1 heterocycles. The van der Waals surface area contributed by atoms with Gasteiger partial charge in [0.25, 0.3) is 0 Å². The van der Waals surface area contributed by atoms with E-state index in [0.29, 0.717) is 0 Å². The Labute approximate surface area is 352 Å². The van der Waals surface area contributed by atoms with Gasteiger partial charge in [0.2, 0.25) is 0 Å². The smallest absolute Gasteiger partial charge is 0.119 e. The number of ether oxygens (including phenoxy) is 2. The van der Waals surface area contributed by atoms with Gasteiger partial charge in [-0.3, -0.25) is 0 Å². The Morgan fingerprint density at radius 1 is 0.448 bits per heavy atom. The van der Waals surface area contributed by atoms with Crippen molar-refractivity contribution in [1.29, 1.82) is 0 Å². The summed E-state index contributed by atoms with van der Waals surface area (Å²) in [5, 5.41) is 0. The minimum atomic E-state index is -0.0495. The van der Waals surface area contributed by atoms with Crippen LogP contribution in [0.4, 0.5) is 0 Å². The Morgan fingerprint density at radius 3 is 1.34 bits per heavy atom. The minimum Gasteiger partial charge on any atom is -0.491 e. The first-order valence-corrected chi connectivity index (χ1v) is 23.1. The molecule has 0 unspecified atom stereocenters. The molecule has 4 nitrogen and oxygen atoms in total. The highest BCUT2D eigenvalue weighted by Crippen LogP contribution is 2.56. The number of nitrogens with zero attached hydrogens (tertiary/aromatic N) is 2. The summed E-state index contributed by atoms with van der Waals surface area (Å²) >= 11 is 1.31. The lowest BCUT2D eigenvalue weighted by atomic mass is 9.70. The summed E-state index contributed by atoms with van der Waals surface area (Å²) in [6, 6.07) is 36.2. The molecule has 1 aromatic heterocycles. The highest BCUT2D eigenvalue weighted by atomic mass is 32.1. The molecule has 0 saturated carbocycles. The van der Waals surface area contributed by atoms with E-state index in [-0.39, 0.29) is 17.6 Å². The quantitative estimate of drug-likeness (QED) is 0.0681. The molecule has 6 aromatic rings. The van der Waals surface area contributed by atoms with Crippen LogP contribution in [0.5, 0.6) is 11.5 Å². The van der Waals surface area contributed by atoms with Gasteiger partial charge in [0.15, 0.2) is 0 Å². The first kappa shape index (κ1) is 41.7. The lowest BCUT2D eigenvalue weighted by molar-refractivity contribution is 0.242. The van der Waals surface area contributed by atoms with E-state index in [1.54, 1.807) is 0 Å². The second-order valence-electron chi connectivity index (χ2n) is 17.1. The van der Waals surface area contributed by atoms with Gasteiger partial charge in [0.05, 0.1) is 23.9 Å². The van der Waals surface area contributed by atoms with Crippen LogP contribution in [0, 0.1) is 0 Å². The standard InChI is InChI=1S/C53H64N2O2S/c1-7-9-11-13-15-17-33-53(34-18-16-14-12-10-8-2)49-35-41(39-19-25-43(26-20-39)56-37(3)4)23-29-47(49)48-30-24-42(36-50(48)53)46-32-31-45(51-52(46)55-58-54-51)40-21-27-44(28-22-40)57-38(5)6/h19-32,35-38H,7-18,33-34H2,1-6H3. The number of hydrogen-bond donors (Lipinski definition) is 0. The second-order valence-corrected chi connectivity index (χ2v) is 17.7. The fraction of sp³-hybridized carbons (Fsp3) is 0.434. The zero-order valence-corrected chi connectivity index (χ0v) is 36.7. The molecule has 0 aliphatic heterocycles. The van der Waals surface area contributed by atoms with Crippen molar-refractivity contribution in [3.05, 3.63) is 108 Å². The molecule has 0 saturated heterocycles. The van der Waals surface area contributed by atoms with Crippen molar-refractivity contribution in [2.45, 2.75) is 149 Å². The summed E-state index contributed by atoms with van der Waals surface area (Å²) in [6.07, 6.45) is 18.2. The van der Waals surface area contributed by atoms with Gasteiger partial charge in [0, 0.05) is 16.5 Å². The van der Waals surface area contributed by atoms with E-state index in [9.17, 15) is 0 Å². The molecule has 0 N–H and O–H groups in total. The fourth-order valence-corrected chi connectivity index (χ4v) is 9.81. The molecule has 58 heavy (non-hydrogen) atoms. The van der Waals surface area contributed by atoms with E-state index in [2.05, 4.69) is 139 Å². The van der Waals surface area contributed by atoms with Crippen LogP contribution in [0.15, 0.2) is 97.1 Å². The number of hydrogen-bond acceptors (Lipinski definition) is 5. The molecular weight excluding hydrogens is 729 g/mol. The summed E-state index contributed by atoms with van der Waals surface area (Å²) in [4.78, 5) is 0. The number of aromatic nitrogens is 2. The zero-order chi connectivity index (χ0) is 40.5. The Kier molecular flexibility index (Phi) is 14.0. The van der Waals surface area contributed by atoms with Gasteiger partial charge in [-0.05, 0) is 121 Å². The maximum atomic E-state index is 6.01. The molecule has 1 aliphatic carbocycles. The maximum Gasteiger partial charge on any atom is 0.119 e. The minimum absolute atomic E-state index is 0.0495. The molecule has 1 aliphatic rings. The second kappa shape index (κ2) is 19.5. The zero-order valence-electron chi connectivity index (χ0n) is 35.9. The Morgan fingerprint density at radius 2 is 0.845 bits per heavy atom. The molecular formula is C53H64N2O2S. The topological polar surface area (TPSA) is 44.2 Å². The van der Waals surface area contributed by atoms with Gasteiger partial charge >= 0.3 is 0 Å². The van der Waals surface area contributed by atoms with Crippen LogP contribution in [-0.4, -0.2) is 21.0 Å². The van der Waals surface area contributed by atoms with Gasteiger partial charge in [-0.2, -0.15) is 8.75 Å². The average Bonchev–Trinajstić information content (AvgIpc) is 3.82. The molecule has 0 amide bonds. The average molecular weight is 793 g/mol. The molecule has 5 aromatic carbocycles. The van der Waals surface area contributed by atoms with E-state index >= 15 is 0 Å². The maximum absolute atomic E-state index is 6.01. The molecule has 0 atom stereocenters. The first-order valence-electron chi connectivity index (χ1n) is 22.4. The molecule has 0 spiro atoms. The fourth-order valence-electron chi connectivity index (χ4n) is 9.24. The number of benzene rings is 5. The van der Waals surface area contributed by atoms with Crippen LogP contribution in [0.3, 0.4) is 0 Å². The lowest BCUT2D eigenvalue weighted by Gasteiger charge is -2.33. The third-order valence-electron chi connectivity index (χ3n) is 12.1. The highest BCUT2D eigenvalue weighted by molar-refractivity contribution is 7.00. The molecule has 5 heteroatoms. The first-order chi connectivity index (χ1) is 28.3. The number of rotatable bonds is 21. The highest BCUT2D eigenvalue weighted by Gasteiger charge is 2.42. The van der Waals surface area contributed by atoms with Crippen LogP contribution < -0.4 is 9.47 Å². The van der Waals surface area contributed by atoms with Gasteiger partial charge in [-0.25, -0.2) is 0 Å². The van der Waals surface area contributed by atoms with Crippen molar-refractivity contribution in [2.24, 2.45) is 0 Å². The van der Waals surface area contributed by atoms with Crippen LogP contribution in [-0.2, 0) is 5.41 Å². The van der Waals surface area contributed by atoms with Gasteiger partial charge < -0.3 is 9.47 Å². The molecule has 304 valence electrons. The number of unbranched alkanes of at least 4 members (excludes halogenated alkanes) is 10. The molecule has 0 fully saturated rings. The van der Waals surface area contributed by atoms with Crippen LogP contribution in [0.25, 0.3) is 55.5 Å². The monoisotopic (exact) mass is 792 g/mol. The SMILES string of the molecule is CCCCCCCCC1(CCCCCCCC)c2cc(-c3ccc(OC(C)C)cc3)ccc2-c2ccc(-c3ccc(-c4ccc(OC(C)C)cc4)c4nsnc34)cc21. The van der Waals surface area contributed by atoms with Crippen molar-refractivity contribution in [3.63, 3.8) is 0 Å². The summed E-state index contributed by atoms with van der Waals surface area (Å²) in [5.41, 5.74) is 14.9. The van der Waals surface area contributed by atoms with E-state index in [1.807, 2.05) is 0 Å². The van der Waals surface area contributed by atoms with E-state index < -0.39 is 0 Å². The normalized spacial score (nSPS) is 13.0. The van der Waals surface area contributed by atoms with Crippen molar-refractivity contribution in [2.75, 3.05) is 0 Å². The Balaban J connectivity index is 1.30. The predicted molar refractivity (Wildman–Crippen MR) is 247 cm³/mol. The predicted octanol–water partition coefficient (Wildman–Crippen LogP) is 16.0. The largest absolute Gasteiger partial charge is 0.491 e.